The van der Waals surface area contributed by atoms with E-state index in [1.165, 1.54) is 22.3 Å². The fraction of sp³-hybridized carbons (Fsp3) is 0.308. The van der Waals surface area contributed by atoms with Crippen molar-refractivity contribution in [2.24, 2.45) is 0 Å². The van der Waals surface area contributed by atoms with Crippen LogP contribution in [0.25, 0.3) is 11.1 Å². The number of pyridine rings is 1. The molecule has 1 atom stereocenters. The molecule has 1 unspecified atom stereocenters. The number of rotatable bonds is 5. The van der Waals surface area contributed by atoms with E-state index in [-0.39, 0.29) is 17.9 Å². The molecule has 2 aliphatic rings. The Hall–Kier alpha value is -3.18. The van der Waals surface area contributed by atoms with Crippen molar-refractivity contribution in [1.82, 2.24) is 9.88 Å². The smallest absolute Gasteiger partial charge is 0.223 e. The molecule has 1 fully saturated rings. The van der Waals surface area contributed by atoms with Crippen molar-refractivity contribution in [1.29, 1.82) is 0 Å². The third-order valence-electron chi connectivity index (χ3n) is 6.15. The van der Waals surface area contributed by atoms with Gasteiger partial charge in [0.15, 0.2) is 0 Å². The highest BCUT2D eigenvalue weighted by atomic mass is 16.5. The monoisotopic (exact) mass is 414 g/mol. The lowest BCUT2D eigenvalue weighted by atomic mass is 9.93. The van der Waals surface area contributed by atoms with Gasteiger partial charge in [0.05, 0.1) is 19.3 Å². The second-order valence-electron chi connectivity index (χ2n) is 8.21. The number of hydrogen-bond donors (Lipinski definition) is 0. The molecule has 0 bridgehead atoms. The molecule has 1 aromatic heterocycles. The molecule has 5 heteroatoms. The van der Waals surface area contributed by atoms with Gasteiger partial charge in [-0.3, -0.25) is 9.78 Å². The molecule has 1 aliphatic heterocycles. The summed E-state index contributed by atoms with van der Waals surface area (Å²) in [6, 6.07) is 20.7. The third kappa shape index (κ3) is 4.06. The fourth-order valence-electron chi connectivity index (χ4n) is 4.56. The van der Waals surface area contributed by atoms with Gasteiger partial charge in [-0.1, -0.05) is 48.5 Å². The average molecular weight is 415 g/mol. The molecular formula is C26H26N2O3. The Labute approximate surface area is 182 Å². The zero-order valence-electron chi connectivity index (χ0n) is 17.7. The van der Waals surface area contributed by atoms with Crippen molar-refractivity contribution < 1.29 is 14.3 Å². The highest BCUT2D eigenvalue weighted by Gasteiger charge is 2.32. The molecule has 0 spiro atoms. The third-order valence-corrected chi connectivity index (χ3v) is 6.15. The van der Waals surface area contributed by atoms with Gasteiger partial charge in [0.25, 0.3) is 0 Å². The van der Waals surface area contributed by atoms with Crippen LogP contribution in [0.3, 0.4) is 0 Å². The summed E-state index contributed by atoms with van der Waals surface area (Å²) in [6.07, 6.45) is 2.06. The molecule has 0 radical (unpaired) electrons. The van der Waals surface area contributed by atoms with Crippen molar-refractivity contribution in [3.63, 3.8) is 0 Å². The predicted octanol–water partition coefficient (Wildman–Crippen LogP) is 4.20. The summed E-state index contributed by atoms with van der Waals surface area (Å²) >= 11 is 0. The van der Waals surface area contributed by atoms with Gasteiger partial charge in [0, 0.05) is 24.6 Å². The number of benzene rings is 2. The first-order valence-electron chi connectivity index (χ1n) is 10.8. The molecule has 2 aromatic carbocycles. The van der Waals surface area contributed by atoms with E-state index in [2.05, 4.69) is 53.5 Å². The highest BCUT2D eigenvalue weighted by Crippen LogP contribution is 2.46. The minimum absolute atomic E-state index is 0.107. The van der Waals surface area contributed by atoms with Gasteiger partial charge < -0.3 is 14.4 Å². The minimum atomic E-state index is -0.137. The number of aryl methyl sites for hydroxylation is 1. The first-order valence-corrected chi connectivity index (χ1v) is 10.8. The molecule has 1 aliphatic carbocycles. The topological polar surface area (TPSA) is 51.7 Å². The van der Waals surface area contributed by atoms with E-state index in [1.54, 1.807) is 6.20 Å². The minimum Gasteiger partial charge on any atom is -0.489 e. The zero-order valence-corrected chi connectivity index (χ0v) is 17.7. The summed E-state index contributed by atoms with van der Waals surface area (Å²) in [5.41, 5.74) is 5.94. The van der Waals surface area contributed by atoms with E-state index >= 15 is 0 Å². The Kier molecular flexibility index (Phi) is 5.43. The lowest BCUT2D eigenvalue weighted by Crippen LogP contribution is -2.47. The Morgan fingerprint density at radius 3 is 2.45 bits per heavy atom. The maximum Gasteiger partial charge on any atom is 0.223 e. The van der Waals surface area contributed by atoms with Gasteiger partial charge in [0.1, 0.15) is 18.5 Å². The lowest BCUT2D eigenvalue weighted by Gasteiger charge is -2.33. The van der Waals surface area contributed by atoms with Crippen LogP contribution in [-0.2, 0) is 9.53 Å². The number of aromatic nitrogens is 1. The van der Waals surface area contributed by atoms with Gasteiger partial charge in [-0.05, 0) is 41.3 Å². The molecule has 1 amide bonds. The standard InChI is InChI=1S/C26H26N2O3/c1-18-10-11-19(15-27-18)31-17-20-16-28(12-13-30-20)26(29)14-25-23-8-4-2-6-21(23)22-7-3-5-9-24(22)25/h2-11,15,20,25H,12-14,16-17H2,1H3. The quantitative estimate of drug-likeness (QED) is 0.628. The van der Waals surface area contributed by atoms with Crippen molar-refractivity contribution in [2.75, 3.05) is 26.3 Å². The molecule has 1 saturated heterocycles. The second-order valence-corrected chi connectivity index (χ2v) is 8.21. The summed E-state index contributed by atoms with van der Waals surface area (Å²) in [5, 5.41) is 0. The first-order chi connectivity index (χ1) is 15.2. The maximum atomic E-state index is 13.3. The molecule has 158 valence electrons. The number of morpholine rings is 1. The SMILES string of the molecule is Cc1ccc(OCC2CN(C(=O)CC3c4ccccc4-c4ccccc43)CCO2)cn1. The average Bonchev–Trinajstić information content (AvgIpc) is 3.13. The summed E-state index contributed by atoms with van der Waals surface area (Å²) in [7, 11) is 0. The number of carbonyl (C=O) groups excluding carboxylic acids is 1. The first kappa shape index (κ1) is 19.8. The Morgan fingerprint density at radius 2 is 1.77 bits per heavy atom. The normalized spacial score (nSPS) is 17.8. The van der Waals surface area contributed by atoms with Gasteiger partial charge in [-0.15, -0.1) is 0 Å². The van der Waals surface area contributed by atoms with Crippen LogP contribution in [0.15, 0.2) is 66.9 Å². The molecule has 5 nitrogen and oxygen atoms in total. The second kappa shape index (κ2) is 8.52. The highest BCUT2D eigenvalue weighted by molar-refractivity contribution is 5.84. The maximum absolute atomic E-state index is 13.3. The van der Waals surface area contributed by atoms with Crippen LogP contribution in [-0.4, -0.2) is 48.2 Å². The lowest BCUT2D eigenvalue weighted by molar-refractivity contribution is -0.140. The van der Waals surface area contributed by atoms with Crippen molar-refractivity contribution in [3.05, 3.63) is 83.7 Å². The molecule has 0 N–H and O–H groups in total. The van der Waals surface area contributed by atoms with E-state index in [9.17, 15) is 4.79 Å². The van der Waals surface area contributed by atoms with Crippen molar-refractivity contribution in [3.8, 4) is 16.9 Å². The molecule has 31 heavy (non-hydrogen) atoms. The van der Waals surface area contributed by atoms with Crippen LogP contribution in [0.4, 0.5) is 0 Å². The number of ether oxygens (including phenoxy) is 2. The summed E-state index contributed by atoms with van der Waals surface area (Å²) in [4.78, 5) is 19.4. The van der Waals surface area contributed by atoms with Crippen molar-refractivity contribution in [2.45, 2.75) is 25.4 Å². The number of nitrogens with zero attached hydrogens (tertiary/aromatic N) is 2. The molecule has 0 saturated carbocycles. The van der Waals surface area contributed by atoms with E-state index < -0.39 is 0 Å². The van der Waals surface area contributed by atoms with Crippen LogP contribution >= 0.6 is 0 Å². The van der Waals surface area contributed by atoms with Crippen LogP contribution in [0, 0.1) is 6.92 Å². The van der Waals surface area contributed by atoms with E-state index in [0.717, 1.165) is 11.4 Å². The van der Waals surface area contributed by atoms with Crippen LogP contribution in [0.2, 0.25) is 0 Å². The van der Waals surface area contributed by atoms with E-state index in [4.69, 9.17) is 9.47 Å². The molecule has 5 rings (SSSR count). The number of carbonyl (C=O) groups is 1. The molecule has 2 heterocycles. The largest absolute Gasteiger partial charge is 0.489 e. The number of amides is 1. The summed E-state index contributed by atoms with van der Waals surface area (Å²) in [5.74, 6) is 0.995. The molecule has 3 aromatic rings. The fourth-order valence-corrected chi connectivity index (χ4v) is 4.56. The summed E-state index contributed by atoms with van der Waals surface area (Å²) < 4.78 is 11.7. The summed E-state index contributed by atoms with van der Waals surface area (Å²) in [6.45, 7) is 4.05. The van der Waals surface area contributed by atoms with Gasteiger partial charge in [-0.2, -0.15) is 0 Å². The van der Waals surface area contributed by atoms with Gasteiger partial charge in [-0.25, -0.2) is 0 Å². The van der Waals surface area contributed by atoms with Gasteiger partial charge >= 0.3 is 0 Å². The Bertz CT molecular complexity index is 1030. The van der Waals surface area contributed by atoms with Crippen LogP contribution in [0.5, 0.6) is 5.75 Å². The zero-order chi connectivity index (χ0) is 21.2. The Morgan fingerprint density at radius 1 is 1.06 bits per heavy atom. The van der Waals surface area contributed by atoms with Crippen molar-refractivity contribution >= 4 is 5.91 Å². The number of fused-ring (bicyclic) bond motifs is 3. The molecular weight excluding hydrogens is 388 g/mol. The van der Waals surface area contributed by atoms with Gasteiger partial charge in [0.2, 0.25) is 5.91 Å². The van der Waals surface area contributed by atoms with Crippen LogP contribution < -0.4 is 4.74 Å². The Balaban J connectivity index is 1.25. The predicted molar refractivity (Wildman–Crippen MR) is 119 cm³/mol. The van der Waals surface area contributed by atoms with E-state index in [0.29, 0.717) is 32.7 Å². The van der Waals surface area contributed by atoms with Crippen LogP contribution in [0.1, 0.15) is 29.2 Å². The van der Waals surface area contributed by atoms with E-state index in [1.807, 2.05) is 24.0 Å². The number of hydrogen-bond acceptors (Lipinski definition) is 4.